The van der Waals surface area contributed by atoms with E-state index >= 15 is 0 Å². The first-order valence-corrected chi connectivity index (χ1v) is 7.87. The molecule has 0 fully saturated rings. The van der Waals surface area contributed by atoms with Gasteiger partial charge in [-0.3, -0.25) is 0 Å². The number of halogens is 1. The van der Waals surface area contributed by atoms with E-state index in [1.165, 1.54) is 27.3 Å². The van der Waals surface area contributed by atoms with E-state index in [-0.39, 0.29) is 0 Å². The molecule has 0 radical (unpaired) electrons. The summed E-state index contributed by atoms with van der Waals surface area (Å²) in [6.45, 7) is 6.39. The molecule has 0 amide bonds. The van der Waals surface area contributed by atoms with Crippen molar-refractivity contribution in [1.82, 2.24) is 5.32 Å². The van der Waals surface area contributed by atoms with Crippen molar-refractivity contribution < 1.29 is 0 Å². The van der Waals surface area contributed by atoms with Crippen molar-refractivity contribution in [1.29, 1.82) is 0 Å². The Hall–Kier alpha value is -0.640. The van der Waals surface area contributed by atoms with E-state index in [2.05, 4.69) is 65.4 Å². The number of benzene rings is 1. The molecule has 0 saturated heterocycles. The first-order valence-electron chi connectivity index (χ1n) is 6.26. The molecule has 2 rings (SSSR count). The number of thiophene rings is 1. The number of aryl methyl sites for hydroxylation is 1. The minimum atomic E-state index is 0.978. The van der Waals surface area contributed by atoms with Gasteiger partial charge in [-0.1, -0.05) is 28.9 Å². The van der Waals surface area contributed by atoms with Crippen molar-refractivity contribution in [3.8, 4) is 10.4 Å². The van der Waals surface area contributed by atoms with E-state index in [9.17, 15) is 0 Å². The fourth-order valence-corrected chi connectivity index (χ4v) is 3.47. The third kappa shape index (κ3) is 3.67. The van der Waals surface area contributed by atoms with Gasteiger partial charge in [0.25, 0.3) is 0 Å². The molecule has 0 spiro atoms. The highest BCUT2D eigenvalue weighted by Gasteiger charge is 2.04. The van der Waals surface area contributed by atoms with Crippen LogP contribution in [0.3, 0.4) is 0 Å². The molecule has 0 unspecified atom stereocenters. The molecule has 96 valence electrons. The fourth-order valence-electron chi connectivity index (χ4n) is 1.90. The van der Waals surface area contributed by atoms with Gasteiger partial charge in [-0.05, 0) is 55.3 Å². The highest BCUT2D eigenvalue weighted by Crippen LogP contribution is 2.30. The second kappa shape index (κ2) is 6.50. The lowest BCUT2D eigenvalue weighted by atomic mass is 10.1. The average molecular weight is 324 g/mol. The Morgan fingerprint density at radius 1 is 1.22 bits per heavy atom. The zero-order chi connectivity index (χ0) is 13.0. The van der Waals surface area contributed by atoms with Crippen molar-refractivity contribution in [2.45, 2.75) is 26.8 Å². The zero-order valence-electron chi connectivity index (χ0n) is 10.8. The lowest BCUT2D eigenvalue weighted by Crippen LogP contribution is -2.12. The van der Waals surface area contributed by atoms with E-state index in [4.69, 9.17) is 0 Å². The van der Waals surface area contributed by atoms with Crippen LogP contribution in [0.15, 0.2) is 34.8 Å². The Balaban J connectivity index is 2.13. The molecule has 3 heteroatoms. The minimum absolute atomic E-state index is 0.978. The topological polar surface area (TPSA) is 12.0 Å². The second-order valence-corrected chi connectivity index (χ2v) is 6.54. The Morgan fingerprint density at radius 3 is 2.78 bits per heavy atom. The van der Waals surface area contributed by atoms with Crippen LogP contribution in [0.5, 0.6) is 0 Å². The molecule has 0 aliphatic rings. The van der Waals surface area contributed by atoms with Crippen molar-refractivity contribution >= 4 is 27.3 Å². The van der Waals surface area contributed by atoms with E-state index in [0.29, 0.717) is 0 Å². The van der Waals surface area contributed by atoms with Gasteiger partial charge in [0.1, 0.15) is 0 Å². The molecule has 0 aliphatic carbocycles. The van der Waals surface area contributed by atoms with Crippen LogP contribution in [0.25, 0.3) is 10.4 Å². The summed E-state index contributed by atoms with van der Waals surface area (Å²) < 4.78 is 1.15. The van der Waals surface area contributed by atoms with E-state index in [1.54, 1.807) is 0 Å². The Morgan fingerprint density at radius 2 is 2.06 bits per heavy atom. The molecule has 1 aromatic heterocycles. The van der Waals surface area contributed by atoms with Crippen molar-refractivity contribution in [3.63, 3.8) is 0 Å². The molecular formula is C15H18BrNS. The van der Waals surface area contributed by atoms with Crippen molar-refractivity contribution in [2.24, 2.45) is 0 Å². The summed E-state index contributed by atoms with van der Waals surface area (Å²) in [5, 5.41) is 3.44. The maximum absolute atomic E-state index is 3.56. The van der Waals surface area contributed by atoms with Crippen LogP contribution >= 0.6 is 27.3 Å². The third-order valence-corrected chi connectivity index (χ3v) is 4.31. The maximum Gasteiger partial charge on any atom is 0.0346 e. The molecule has 0 atom stereocenters. The van der Waals surface area contributed by atoms with Crippen molar-refractivity contribution in [3.05, 3.63) is 45.2 Å². The van der Waals surface area contributed by atoms with Crippen LogP contribution in [0.2, 0.25) is 0 Å². The number of hydrogen-bond donors (Lipinski definition) is 1. The first-order chi connectivity index (χ1) is 8.69. The number of hydrogen-bond acceptors (Lipinski definition) is 2. The number of nitrogens with one attached hydrogen (secondary N) is 1. The third-order valence-electron chi connectivity index (χ3n) is 2.71. The monoisotopic (exact) mass is 323 g/mol. The van der Waals surface area contributed by atoms with Gasteiger partial charge in [0.2, 0.25) is 0 Å². The molecule has 1 aromatic carbocycles. The fraction of sp³-hybridized carbons (Fsp3) is 0.333. The molecule has 1 nitrogen and oxygen atoms in total. The van der Waals surface area contributed by atoms with Crippen LogP contribution < -0.4 is 5.32 Å². The predicted octanol–water partition coefficient (Wildman–Crippen LogP) is 4.99. The summed E-state index contributed by atoms with van der Waals surface area (Å²) >= 11 is 5.43. The molecule has 2 aromatic rings. The van der Waals surface area contributed by atoms with Gasteiger partial charge >= 0.3 is 0 Å². The molecule has 0 saturated carbocycles. The normalized spacial score (nSPS) is 10.8. The highest BCUT2D eigenvalue weighted by molar-refractivity contribution is 9.10. The van der Waals surface area contributed by atoms with Crippen LogP contribution in [0.1, 0.15) is 23.8 Å². The Bertz CT molecular complexity index is 499. The first kappa shape index (κ1) is 13.8. The largest absolute Gasteiger partial charge is 0.312 e. The molecule has 1 N–H and O–H groups in total. The van der Waals surface area contributed by atoms with Crippen LogP contribution in [0, 0.1) is 6.92 Å². The average Bonchev–Trinajstić information content (AvgIpc) is 2.77. The summed E-state index contributed by atoms with van der Waals surface area (Å²) in [7, 11) is 0. The van der Waals surface area contributed by atoms with Crippen LogP contribution in [0.4, 0.5) is 0 Å². The zero-order valence-corrected chi connectivity index (χ0v) is 13.2. The van der Waals surface area contributed by atoms with Gasteiger partial charge in [-0.15, -0.1) is 11.3 Å². The molecule has 0 bridgehead atoms. The van der Waals surface area contributed by atoms with E-state index < -0.39 is 0 Å². The van der Waals surface area contributed by atoms with Gasteiger partial charge in [-0.25, -0.2) is 0 Å². The Kier molecular flexibility index (Phi) is 4.98. The summed E-state index contributed by atoms with van der Waals surface area (Å²) in [5.41, 5.74) is 2.59. The standard InChI is InChI=1S/C15H18BrNS/c1-3-6-17-10-14-4-5-15(18-14)12-7-11(2)8-13(16)9-12/h4-5,7-9,17H,3,6,10H2,1-2H3. The minimum Gasteiger partial charge on any atom is -0.312 e. The molecular weight excluding hydrogens is 306 g/mol. The molecule has 18 heavy (non-hydrogen) atoms. The van der Waals surface area contributed by atoms with Gasteiger partial charge in [0.15, 0.2) is 0 Å². The molecule has 0 aliphatic heterocycles. The van der Waals surface area contributed by atoms with Crippen molar-refractivity contribution in [2.75, 3.05) is 6.54 Å². The maximum atomic E-state index is 3.56. The lowest BCUT2D eigenvalue weighted by molar-refractivity contribution is 0.681. The van der Waals surface area contributed by atoms with Gasteiger partial charge in [-0.2, -0.15) is 0 Å². The lowest BCUT2D eigenvalue weighted by Gasteiger charge is -2.02. The summed E-state index contributed by atoms with van der Waals surface area (Å²) in [6.07, 6.45) is 1.18. The SMILES string of the molecule is CCCNCc1ccc(-c2cc(C)cc(Br)c2)s1. The van der Waals surface area contributed by atoms with Gasteiger partial charge in [0, 0.05) is 20.8 Å². The predicted molar refractivity (Wildman–Crippen MR) is 84.2 cm³/mol. The summed E-state index contributed by atoms with van der Waals surface area (Å²) in [5.74, 6) is 0. The van der Waals surface area contributed by atoms with E-state index in [1.807, 2.05) is 11.3 Å². The second-order valence-electron chi connectivity index (χ2n) is 4.46. The molecule has 1 heterocycles. The summed E-state index contributed by atoms with van der Waals surface area (Å²) in [4.78, 5) is 2.74. The summed E-state index contributed by atoms with van der Waals surface area (Å²) in [6, 6.07) is 11.0. The smallest absolute Gasteiger partial charge is 0.0346 e. The quantitative estimate of drug-likeness (QED) is 0.764. The van der Waals surface area contributed by atoms with Gasteiger partial charge < -0.3 is 5.32 Å². The highest BCUT2D eigenvalue weighted by atomic mass is 79.9. The Labute approximate surface area is 121 Å². The van der Waals surface area contributed by atoms with E-state index in [0.717, 1.165) is 17.6 Å². The van der Waals surface area contributed by atoms with Gasteiger partial charge in [0.05, 0.1) is 0 Å². The van der Waals surface area contributed by atoms with Crippen LogP contribution in [-0.4, -0.2) is 6.54 Å². The number of rotatable bonds is 5. The van der Waals surface area contributed by atoms with Crippen LogP contribution in [-0.2, 0) is 6.54 Å².